The van der Waals surface area contributed by atoms with Gasteiger partial charge in [0, 0.05) is 19.4 Å². The molecule has 0 aliphatic carbocycles. The fourth-order valence-corrected chi connectivity index (χ4v) is 2.11. The van der Waals surface area contributed by atoms with Gasteiger partial charge >= 0.3 is 0 Å². The Hall–Kier alpha value is -0.610. The van der Waals surface area contributed by atoms with Gasteiger partial charge in [0.1, 0.15) is 0 Å². The van der Waals surface area contributed by atoms with Crippen LogP contribution in [0, 0.1) is 5.21 Å². The lowest BCUT2D eigenvalue weighted by atomic mass is 10.1. The van der Waals surface area contributed by atoms with Crippen molar-refractivity contribution in [2.45, 2.75) is 65.7 Å². The molecular weight excluding hydrogens is 240 g/mol. The standard InChI is InChI=1S/C15H32N2O2/c1-4-7-8-9-10-12-15(18)16-13-11-14-17(19,5-2)6-3/h4-14H2,1-3H3,(H,16,18). The molecule has 0 aromatic rings. The molecule has 114 valence electrons. The summed E-state index contributed by atoms with van der Waals surface area (Å²) < 4.78 is -0.146. The molecule has 0 fully saturated rings. The SMILES string of the molecule is CCCCCCCC(=O)NCCC[N+]([O-])(CC)CC. The maximum atomic E-state index is 12.0. The van der Waals surface area contributed by atoms with Gasteiger partial charge in [-0.3, -0.25) is 4.79 Å². The Morgan fingerprint density at radius 1 is 1.00 bits per heavy atom. The lowest BCUT2D eigenvalue weighted by Crippen LogP contribution is -2.43. The van der Waals surface area contributed by atoms with Gasteiger partial charge in [0.2, 0.25) is 5.91 Å². The van der Waals surface area contributed by atoms with Crippen LogP contribution >= 0.6 is 0 Å². The topological polar surface area (TPSA) is 52.2 Å². The van der Waals surface area contributed by atoms with Crippen molar-refractivity contribution < 1.29 is 9.44 Å². The molecular formula is C15H32N2O2. The smallest absolute Gasteiger partial charge is 0.219 e. The molecule has 4 heteroatoms. The summed E-state index contributed by atoms with van der Waals surface area (Å²) in [6.07, 6.45) is 7.25. The highest BCUT2D eigenvalue weighted by Gasteiger charge is 2.10. The van der Waals surface area contributed by atoms with E-state index in [1.54, 1.807) is 0 Å². The maximum absolute atomic E-state index is 12.0. The maximum Gasteiger partial charge on any atom is 0.219 e. The number of hydrogen-bond acceptors (Lipinski definition) is 2. The number of hydroxylamine groups is 3. The summed E-state index contributed by atoms with van der Waals surface area (Å²) in [6, 6.07) is 0. The molecule has 4 nitrogen and oxygen atoms in total. The van der Waals surface area contributed by atoms with Crippen molar-refractivity contribution in [2.75, 3.05) is 26.2 Å². The zero-order valence-corrected chi connectivity index (χ0v) is 13.0. The van der Waals surface area contributed by atoms with Gasteiger partial charge < -0.3 is 15.2 Å². The highest BCUT2D eigenvalue weighted by atomic mass is 16.5. The van der Waals surface area contributed by atoms with E-state index in [0.717, 1.165) is 19.3 Å². The molecule has 0 saturated heterocycles. The van der Waals surface area contributed by atoms with Gasteiger partial charge in [-0.1, -0.05) is 32.6 Å². The quantitative estimate of drug-likeness (QED) is 0.337. The van der Waals surface area contributed by atoms with E-state index in [0.29, 0.717) is 32.6 Å². The van der Waals surface area contributed by atoms with Crippen molar-refractivity contribution >= 4 is 5.91 Å². The number of carbonyl (C=O) groups is 1. The number of carbonyl (C=O) groups excluding carboxylic acids is 1. The third-order valence-electron chi connectivity index (χ3n) is 3.72. The molecule has 0 spiro atoms. The molecule has 0 saturated carbocycles. The molecule has 0 unspecified atom stereocenters. The Bertz CT molecular complexity index is 228. The first-order valence-corrected chi connectivity index (χ1v) is 7.91. The fraction of sp³-hybridized carbons (Fsp3) is 0.933. The number of nitrogens with zero attached hydrogens (tertiary/aromatic N) is 1. The van der Waals surface area contributed by atoms with Crippen molar-refractivity contribution in [2.24, 2.45) is 0 Å². The molecule has 0 aliphatic rings. The number of amides is 1. The molecule has 0 aromatic heterocycles. The van der Waals surface area contributed by atoms with Crippen LogP contribution in [0.4, 0.5) is 0 Å². The van der Waals surface area contributed by atoms with E-state index in [1.165, 1.54) is 19.3 Å². The van der Waals surface area contributed by atoms with Crippen LogP contribution < -0.4 is 5.32 Å². The van der Waals surface area contributed by atoms with Crippen LogP contribution in [0.1, 0.15) is 65.7 Å². The Balaban J connectivity index is 3.48. The normalized spacial score (nSPS) is 11.6. The van der Waals surface area contributed by atoms with E-state index in [4.69, 9.17) is 0 Å². The summed E-state index contributed by atoms with van der Waals surface area (Å²) >= 11 is 0. The minimum atomic E-state index is -0.146. The molecule has 0 aromatic carbocycles. The number of unbranched alkanes of at least 4 members (excludes halogenated alkanes) is 4. The number of nitrogens with one attached hydrogen (secondary N) is 1. The Morgan fingerprint density at radius 3 is 2.21 bits per heavy atom. The number of rotatable bonds is 12. The Kier molecular flexibility index (Phi) is 10.9. The third kappa shape index (κ3) is 9.91. The monoisotopic (exact) mass is 272 g/mol. The average molecular weight is 272 g/mol. The van der Waals surface area contributed by atoms with Gasteiger partial charge in [0.25, 0.3) is 0 Å². The van der Waals surface area contributed by atoms with Gasteiger partial charge in [0.05, 0.1) is 19.6 Å². The molecule has 1 N–H and O–H groups in total. The van der Waals surface area contributed by atoms with Crippen LogP contribution in [0.25, 0.3) is 0 Å². The van der Waals surface area contributed by atoms with Crippen LogP contribution in [-0.2, 0) is 4.79 Å². The van der Waals surface area contributed by atoms with E-state index >= 15 is 0 Å². The molecule has 0 rings (SSSR count). The van der Waals surface area contributed by atoms with Crippen molar-refractivity contribution in [1.82, 2.24) is 5.32 Å². The van der Waals surface area contributed by atoms with Gasteiger partial charge in [-0.2, -0.15) is 0 Å². The van der Waals surface area contributed by atoms with Crippen molar-refractivity contribution in [3.63, 3.8) is 0 Å². The van der Waals surface area contributed by atoms with Crippen molar-refractivity contribution in [1.29, 1.82) is 0 Å². The summed E-state index contributed by atoms with van der Waals surface area (Å²) in [6.45, 7) is 8.49. The van der Waals surface area contributed by atoms with Crippen LogP contribution in [0.3, 0.4) is 0 Å². The first kappa shape index (κ1) is 18.4. The van der Waals surface area contributed by atoms with E-state index in [2.05, 4.69) is 12.2 Å². The first-order valence-electron chi connectivity index (χ1n) is 7.91. The van der Waals surface area contributed by atoms with E-state index in [1.807, 2.05) is 13.8 Å². The Morgan fingerprint density at radius 2 is 1.63 bits per heavy atom. The van der Waals surface area contributed by atoms with Crippen LogP contribution in [0.15, 0.2) is 0 Å². The Labute approximate surface area is 118 Å². The van der Waals surface area contributed by atoms with Crippen molar-refractivity contribution in [3.05, 3.63) is 5.21 Å². The second-order valence-corrected chi connectivity index (χ2v) is 5.28. The summed E-state index contributed by atoms with van der Waals surface area (Å²) in [4.78, 5) is 11.5. The summed E-state index contributed by atoms with van der Waals surface area (Å²) in [5.41, 5.74) is 0. The summed E-state index contributed by atoms with van der Waals surface area (Å²) in [7, 11) is 0. The predicted molar refractivity (Wildman–Crippen MR) is 80.6 cm³/mol. The van der Waals surface area contributed by atoms with Gasteiger partial charge in [-0.25, -0.2) is 0 Å². The van der Waals surface area contributed by atoms with Gasteiger partial charge in [-0.15, -0.1) is 0 Å². The molecule has 0 atom stereocenters. The van der Waals surface area contributed by atoms with E-state index < -0.39 is 0 Å². The summed E-state index contributed by atoms with van der Waals surface area (Å²) in [5, 5.41) is 14.9. The molecule has 0 heterocycles. The van der Waals surface area contributed by atoms with Gasteiger partial charge in [-0.05, 0) is 20.3 Å². The molecule has 1 amide bonds. The molecule has 19 heavy (non-hydrogen) atoms. The molecule has 0 bridgehead atoms. The minimum Gasteiger partial charge on any atom is -0.633 e. The largest absolute Gasteiger partial charge is 0.633 e. The predicted octanol–water partition coefficient (Wildman–Crippen LogP) is 3.21. The average Bonchev–Trinajstić information content (AvgIpc) is 2.43. The summed E-state index contributed by atoms with van der Waals surface area (Å²) in [5.74, 6) is 0.133. The third-order valence-corrected chi connectivity index (χ3v) is 3.72. The lowest BCUT2D eigenvalue weighted by molar-refractivity contribution is -0.877. The zero-order valence-electron chi connectivity index (χ0n) is 13.0. The van der Waals surface area contributed by atoms with E-state index in [9.17, 15) is 10.0 Å². The zero-order chi connectivity index (χ0) is 14.6. The lowest BCUT2D eigenvalue weighted by Gasteiger charge is -2.41. The second kappa shape index (κ2) is 11.2. The fourth-order valence-electron chi connectivity index (χ4n) is 2.11. The number of hydrogen-bond donors (Lipinski definition) is 1. The number of quaternary nitrogens is 1. The molecule has 0 aliphatic heterocycles. The van der Waals surface area contributed by atoms with Crippen molar-refractivity contribution in [3.8, 4) is 0 Å². The van der Waals surface area contributed by atoms with Crippen LogP contribution in [0.5, 0.6) is 0 Å². The molecule has 0 radical (unpaired) electrons. The highest BCUT2D eigenvalue weighted by Crippen LogP contribution is 2.05. The highest BCUT2D eigenvalue weighted by molar-refractivity contribution is 5.75. The van der Waals surface area contributed by atoms with Gasteiger partial charge in [0.15, 0.2) is 0 Å². The van der Waals surface area contributed by atoms with Crippen LogP contribution in [0.2, 0.25) is 0 Å². The minimum absolute atomic E-state index is 0.133. The van der Waals surface area contributed by atoms with Crippen LogP contribution in [-0.4, -0.2) is 36.7 Å². The van der Waals surface area contributed by atoms with E-state index in [-0.39, 0.29) is 10.6 Å². The first-order chi connectivity index (χ1) is 9.08. The second-order valence-electron chi connectivity index (χ2n) is 5.28.